The minimum Gasteiger partial charge on any atom is -0.457 e. The Morgan fingerprint density at radius 1 is 0.958 bits per heavy atom. The number of rotatable bonds is 5. The summed E-state index contributed by atoms with van der Waals surface area (Å²) in [5.74, 6) is 1.90. The number of aryl methyl sites for hydroxylation is 4. The van der Waals surface area contributed by atoms with Gasteiger partial charge in [-0.3, -0.25) is 4.79 Å². The summed E-state index contributed by atoms with van der Waals surface area (Å²) in [7, 11) is 0. The van der Waals surface area contributed by atoms with E-state index in [0.29, 0.717) is 5.75 Å². The van der Waals surface area contributed by atoms with Crippen LogP contribution in [0.4, 0.5) is 0 Å². The molecule has 0 aliphatic carbocycles. The average molecular weight is 324 g/mol. The van der Waals surface area contributed by atoms with Crippen LogP contribution in [0.25, 0.3) is 0 Å². The first-order chi connectivity index (χ1) is 11.3. The quantitative estimate of drug-likeness (QED) is 0.409. The van der Waals surface area contributed by atoms with Crippen molar-refractivity contribution in [2.75, 3.05) is 0 Å². The molecular formula is C21H24O3. The number of para-hydroxylation sites is 1. The Morgan fingerprint density at radius 3 is 2.00 bits per heavy atom. The van der Waals surface area contributed by atoms with Crippen LogP contribution in [0.15, 0.2) is 42.5 Å². The van der Waals surface area contributed by atoms with Gasteiger partial charge in [0.2, 0.25) is 0 Å². The molecule has 0 aliphatic heterocycles. The van der Waals surface area contributed by atoms with E-state index in [4.69, 9.17) is 9.47 Å². The molecule has 24 heavy (non-hydrogen) atoms. The zero-order valence-electron chi connectivity index (χ0n) is 15.0. The van der Waals surface area contributed by atoms with E-state index in [1.54, 1.807) is 0 Å². The highest BCUT2D eigenvalue weighted by Crippen LogP contribution is 2.33. The highest BCUT2D eigenvalue weighted by molar-refractivity contribution is 5.75. The monoisotopic (exact) mass is 324 g/mol. The molecule has 2 rings (SSSR count). The molecule has 0 atom stereocenters. The number of benzene rings is 2. The van der Waals surface area contributed by atoms with Crippen LogP contribution in [0.1, 0.15) is 35.6 Å². The molecule has 0 amide bonds. The zero-order valence-corrected chi connectivity index (χ0v) is 15.0. The molecule has 3 heteroatoms. The molecule has 0 spiro atoms. The van der Waals surface area contributed by atoms with Gasteiger partial charge in [-0.05, 0) is 69.0 Å². The Hall–Kier alpha value is -2.55. The highest BCUT2D eigenvalue weighted by Gasteiger charge is 2.13. The molecule has 0 saturated carbocycles. The maximum absolute atomic E-state index is 11.9. The van der Waals surface area contributed by atoms with E-state index in [0.717, 1.165) is 39.3 Å². The first-order valence-electron chi connectivity index (χ1n) is 7.98. The van der Waals surface area contributed by atoms with Crippen molar-refractivity contribution in [2.24, 2.45) is 0 Å². The molecule has 0 heterocycles. The second kappa shape index (κ2) is 7.35. The van der Waals surface area contributed by atoms with E-state index < -0.39 is 0 Å². The first-order valence-corrected chi connectivity index (χ1v) is 7.98. The zero-order chi connectivity index (χ0) is 17.9. The van der Waals surface area contributed by atoms with Crippen LogP contribution in [0.2, 0.25) is 0 Å². The first kappa shape index (κ1) is 17.8. The largest absolute Gasteiger partial charge is 0.457 e. The summed E-state index contributed by atoms with van der Waals surface area (Å²) >= 11 is 0. The molecule has 0 unspecified atom stereocenters. The third-order valence-electron chi connectivity index (χ3n) is 3.72. The van der Waals surface area contributed by atoms with Gasteiger partial charge >= 0.3 is 5.97 Å². The molecular weight excluding hydrogens is 300 g/mol. The second-order valence-corrected chi connectivity index (χ2v) is 6.32. The lowest BCUT2D eigenvalue weighted by molar-refractivity contribution is -0.133. The van der Waals surface area contributed by atoms with Gasteiger partial charge in [-0.15, -0.1) is 0 Å². The van der Waals surface area contributed by atoms with Gasteiger partial charge in [-0.2, -0.15) is 0 Å². The van der Waals surface area contributed by atoms with E-state index in [9.17, 15) is 4.79 Å². The van der Waals surface area contributed by atoms with Gasteiger partial charge in [-0.25, -0.2) is 0 Å². The Bertz CT molecular complexity index is 744. The SMILES string of the molecule is C=C(C)CC(=O)Oc1c(C)cc(Oc2c(C)cccc2C)cc1C. The Kier molecular flexibility index (Phi) is 5.45. The van der Waals surface area contributed by atoms with Crippen LogP contribution >= 0.6 is 0 Å². The lowest BCUT2D eigenvalue weighted by Crippen LogP contribution is -2.10. The van der Waals surface area contributed by atoms with E-state index in [-0.39, 0.29) is 12.4 Å². The van der Waals surface area contributed by atoms with Crippen molar-refractivity contribution in [3.05, 3.63) is 64.7 Å². The molecule has 0 fully saturated rings. The van der Waals surface area contributed by atoms with Gasteiger partial charge in [0, 0.05) is 0 Å². The molecule has 0 radical (unpaired) electrons. The molecule has 0 bridgehead atoms. The van der Waals surface area contributed by atoms with Crippen molar-refractivity contribution in [2.45, 2.75) is 41.0 Å². The van der Waals surface area contributed by atoms with Crippen molar-refractivity contribution in [1.29, 1.82) is 0 Å². The number of hydrogen-bond acceptors (Lipinski definition) is 3. The van der Waals surface area contributed by atoms with Crippen LogP contribution in [-0.2, 0) is 4.79 Å². The summed E-state index contributed by atoms with van der Waals surface area (Å²) in [5.41, 5.74) is 4.69. The summed E-state index contributed by atoms with van der Waals surface area (Å²) in [6.07, 6.45) is 0.222. The van der Waals surface area contributed by atoms with Gasteiger partial charge in [0.25, 0.3) is 0 Å². The van der Waals surface area contributed by atoms with Crippen molar-refractivity contribution >= 4 is 5.97 Å². The smallest absolute Gasteiger partial charge is 0.315 e. The van der Waals surface area contributed by atoms with Gasteiger partial charge in [0.1, 0.15) is 17.2 Å². The van der Waals surface area contributed by atoms with E-state index in [1.165, 1.54) is 0 Å². The number of ether oxygens (including phenoxy) is 2. The molecule has 0 aromatic heterocycles. The number of hydrogen-bond donors (Lipinski definition) is 0. The van der Waals surface area contributed by atoms with Crippen LogP contribution < -0.4 is 9.47 Å². The maximum atomic E-state index is 11.9. The lowest BCUT2D eigenvalue weighted by Gasteiger charge is -2.15. The number of esters is 1. The predicted molar refractivity (Wildman–Crippen MR) is 97.0 cm³/mol. The summed E-state index contributed by atoms with van der Waals surface area (Å²) in [5, 5.41) is 0. The summed E-state index contributed by atoms with van der Waals surface area (Å²) < 4.78 is 11.6. The summed E-state index contributed by atoms with van der Waals surface area (Å²) in [4.78, 5) is 11.9. The maximum Gasteiger partial charge on any atom is 0.315 e. The molecule has 0 N–H and O–H groups in total. The normalized spacial score (nSPS) is 10.4. The van der Waals surface area contributed by atoms with E-state index in [2.05, 4.69) is 6.58 Å². The van der Waals surface area contributed by atoms with Gasteiger partial charge in [-0.1, -0.05) is 30.4 Å². The van der Waals surface area contributed by atoms with Gasteiger partial charge in [0.15, 0.2) is 0 Å². The molecule has 2 aromatic carbocycles. The number of carbonyl (C=O) groups is 1. The summed E-state index contributed by atoms with van der Waals surface area (Å²) in [6, 6.07) is 9.84. The highest BCUT2D eigenvalue weighted by atomic mass is 16.5. The standard InChI is InChI=1S/C21H24O3/c1-13(2)10-19(22)24-21-16(5)11-18(12-17(21)6)23-20-14(3)8-7-9-15(20)4/h7-9,11-12H,1,10H2,2-6H3. The number of carbonyl (C=O) groups excluding carboxylic acids is 1. The fourth-order valence-electron chi connectivity index (χ4n) is 2.60. The van der Waals surface area contributed by atoms with E-state index >= 15 is 0 Å². The Labute approximate surface area is 143 Å². The third-order valence-corrected chi connectivity index (χ3v) is 3.72. The van der Waals surface area contributed by atoms with E-state index in [1.807, 2.05) is 65.0 Å². The third kappa shape index (κ3) is 4.25. The fraction of sp³-hybridized carbons (Fsp3) is 0.286. The lowest BCUT2D eigenvalue weighted by atomic mass is 10.1. The minimum atomic E-state index is -0.294. The van der Waals surface area contributed by atoms with Crippen LogP contribution in [0.3, 0.4) is 0 Å². The van der Waals surface area contributed by atoms with Crippen molar-refractivity contribution in [3.8, 4) is 17.2 Å². The molecule has 126 valence electrons. The summed E-state index contributed by atoms with van der Waals surface area (Å²) in [6.45, 7) is 13.4. The van der Waals surface area contributed by atoms with Crippen LogP contribution in [-0.4, -0.2) is 5.97 Å². The minimum absolute atomic E-state index is 0.222. The molecule has 0 saturated heterocycles. The Balaban J connectivity index is 2.26. The molecule has 0 aliphatic rings. The predicted octanol–water partition coefficient (Wildman–Crippen LogP) is 5.58. The van der Waals surface area contributed by atoms with Crippen molar-refractivity contribution < 1.29 is 14.3 Å². The van der Waals surface area contributed by atoms with Crippen molar-refractivity contribution in [3.63, 3.8) is 0 Å². The molecule has 3 nitrogen and oxygen atoms in total. The van der Waals surface area contributed by atoms with Crippen molar-refractivity contribution in [1.82, 2.24) is 0 Å². The fourth-order valence-corrected chi connectivity index (χ4v) is 2.60. The Morgan fingerprint density at radius 2 is 1.50 bits per heavy atom. The van der Waals surface area contributed by atoms with Gasteiger partial charge in [0.05, 0.1) is 6.42 Å². The second-order valence-electron chi connectivity index (χ2n) is 6.32. The average Bonchev–Trinajstić information content (AvgIpc) is 2.46. The topological polar surface area (TPSA) is 35.5 Å². The van der Waals surface area contributed by atoms with Crippen LogP contribution in [0, 0.1) is 27.7 Å². The van der Waals surface area contributed by atoms with Gasteiger partial charge < -0.3 is 9.47 Å². The van der Waals surface area contributed by atoms with Crippen LogP contribution in [0.5, 0.6) is 17.2 Å². The molecule has 2 aromatic rings.